The summed E-state index contributed by atoms with van der Waals surface area (Å²) in [4.78, 5) is 36.4. The van der Waals surface area contributed by atoms with Gasteiger partial charge in [0.25, 0.3) is 5.91 Å². The Bertz CT molecular complexity index is 1180. The largest absolute Gasteiger partial charge is 0.513 e. The Balaban J connectivity index is 1.65. The number of anilines is 2. The number of nitrogens with one attached hydrogen (secondary N) is 2. The smallest absolute Gasteiger partial charge is 0.434 e. The molecule has 3 aromatic rings. The van der Waals surface area contributed by atoms with Gasteiger partial charge in [0.05, 0.1) is 18.0 Å². The lowest BCUT2D eigenvalue weighted by atomic mass is 10.2. The van der Waals surface area contributed by atoms with Crippen molar-refractivity contribution >= 4 is 51.4 Å². The fraction of sp³-hybridized carbons (Fsp3) is 0.0800. The van der Waals surface area contributed by atoms with Crippen LogP contribution in [0.1, 0.15) is 22.8 Å². The monoisotopic (exact) mass is 508 g/mol. The van der Waals surface area contributed by atoms with Crippen LogP contribution in [-0.2, 0) is 9.53 Å². The van der Waals surface area contributed by atoms with E-state index < -0.39 is 6.16 Å². The highest BCUT2D eigenvalue weighted by Crippen LogP contribution is 2.23. The Labute approximate surface area is 199 Å². The van der Waals surface area contributed by atoms with Crippen molar-refractivity contribution in [2.24, 2.45) is 0 Å². The molecule has 0 saturated carbocycles. The van der Waals surface area contributed by atoms with Gasteiger partial charge in [-0.25, -0.2) is 4.79 Å². The minimum Gasteiger partial charge on any atom is -0.434 e. The molecule has 7 nitrogen and oxygen atoms in total. The molecule has 168 valence electrons. The van der Waals surface area contributed by atoms with Crippen LogP contribution in [0.25, 0.3) is 6.08 Å². The first kappa shape index (κ1) is 23.7. The predicted molar refractivity (Wildman–Crippen MR) is 130 cm³/mol. The van der Waals surface area contributed by atoms with Gasteiger partial charge in [0, 0.05) is 16.1 Å². The minimum atomic E-state index is -0.812. The third kappa shape index (κ3) is 7.05. The summed E-state index contributed by atoms with van der Waals surface area (Å²) in [6.45, 7) is 1.88. The second kappa shape index (κ2) is 11.6. The summed E-state index contributed by atoms with van der Waals surface area (Å²) < 4.78 is 10.6. The predicted octanol–water partition coefficient (Wildman–Crippen LogP) is 5.89. The maximum Gasteiger partial charge on any atom is 0.513 e. The van der Waals surface area contributed by atoms with Crippen LogP contribution in [0, 0.1) is 0 Å². The topological polar surface area (TPSA) is 93.7 Å². The number of carbonyl (C=O) groups is 3. The van der Waals surface area contributed by atoms with Crippen LogP contribution in [0.15, 0.2) is 83.3 Å². The van der Waals surface area contributed by atoms with Crippen LogP contribution in [-0.4, -0.2) is 24.6 Å². The Hall–Kier alpha value is -3.91. The van der Waals surface area contributed by atoms with Crippen molar-refractivity contribution in [3.8, 4) is 5.75 Å². The van der Waals surface area contributed by atoms with Gasteiger partial charge in [-0.2, -0.15) is 0 Å². The first-order chi connectivity index (χ1) is 16.0. The van der Waals surface area contributed by atoms with Crippen LogP contribution in [0.3, 0.4) is 0 Å². The van der Waals surface area contributed by atoms with Crippen molar-refractivity contribution in [1.29, 1.82) is 0 Å². The highest BCUT2D eigenvalue weighted by molar-refractivity contribution is 9.10. The van der Waals surface area contributed by atoms with Crippen molar-refractivity contribution in [2.45, 2.75) is 6.92 Å². The molecule has 0 aliphatic rings. The van der Waals surface area contributed by atoms with E-state index in [2.05, 4.69) is 26.6 Å². The van der Waals surface area contributed by atoms with E-state index >= 15 is 0 Å². The van der Waals surface area contributed by atoms with E-state index in [1.54, 1.807) is 37.3 Å². The molecule has 0 aromatic heterocycles. The SMILES string of the molecule is CCOC(=O)Oc1ccc(C(=O)Nc2ccccc2NC(=O)/C=C/c2ccccc2Br)cc1. The summed E-state index contributed by atoms with van der Waals surface area (Å²) in [6, 6.07) is 20.4. The molecule has 3 rings (SSSR count). The van der Waals surface area contributed by atoms with Gasteiger partial charge in [-0.1, -0.05) is 46.3 Å². The van der Waals surface area contributed by atoms with Gasteiger partial charge in [-0.15, -0.1) is 0 Å². The first-order valence-electron chi connectivity index (χ1n) is 10.0. The highest BCUT2D eigenvalue weighted by Gasteiger charge is 2.11. The quantitative estimate of drug-likeness (QED) is 0.235. The number of benzene rings is 3. The number of halogens is 1. The molecule has 0 radical (unpaired) electrons. The van der Waals surface area contributed by atoms with Gasteiger partial charge in [-0.05, 0) is 61.0 Å². The van der Waals surface area contributed by atoms with Gasteiger partial charge < -0.3 is 20.1 Å². The van der Waals surface area contributed by atoms with Gasteiger partial charge in [0.15, 0.2) is 0 Å². The third-order valence-corrected chi connectivity index (χ3v) is 5.05. The first-order valence-corrected chi connectivity index (χ1v) is 10.8. The number of amides is 2. The summed E-state index contributed by atoms with van der Waals surface area (Å²) >= 11 is 3.44. The van der Waals surface area contributed by atoms with Crippen molar-refractivity contribution in [1.82, 2.24) is 0 Å². The molecule has 0 spiro atoms. The maximum atomic E-state index is 12.7. The molecule has 0 aliphatic carbocycles. The molecule has 0 unspecified atom stereocenters. The van der Waals surface area contributed by atoms with Gasteiger partial charge in [0.1, 0.15) is 5.75 Å². The van der Waals surface area contributed by atoms with Crippen LogP contribution in [0.2, 0.25) is 0 Å². The van der Waals surface area contributed by atoms with E-state index in [9.17, 15) is 14.4 Å². The molecule has 0 bridgehead atoms. The summed E-state index contributed by atoms with van der Waals surface area (Å²) in [7, 11) is 0. The molecule has 0 atom stereocenters. The summed E-state index contributed by atoms with van der Waals surface area (Å²) in [5.41, 5.74) is 2.11. The molecule has 2 amide bonds. The molecule has 2 N–H and O–H groups in total. The van der Waals surface area contributed by atoms with E-state index in [-0.39, 0.29) is 24.2 Å². The molecule has 33 heavy (non-hydrogen) atoms. The fourth-order valence-electron chi connectivity index (χ4n) is 2.76. The number of hydrogen-bond acceptors (Lipinski definition) is 5. The second-order valence-electron chi connectivity index (χ2n) is 6.65. The molecular weight excluding hydrogens is 488 g/mol. The standard InChI is InChI=1S/C25H21BrN2O5/c1-2-32-25(31)33-19-14-11-18(12-15-19)24(30)28-22-10-6-5-9-21(22)27-23(29)16-13-17-7-3-4-8-20(17)26/h3-16H,2H2,1H3,(H,27,29)(H,28,30)/b16-13+. The molecule has 3 aromatic carbocycles. The van der Waals surface area contributed by atoms with Crippen molar-refractivity contribution in [2.75, 3.05) is 17.2 Å². The lowest BCUT2D eigenvalue weighted by Crippen LogP contribution is -2.15. The summed E-state index contributed by atoms with van der Waals surface area (Å²) in [5, 5.41) is 5.55. The van der Waals surface area contributed by atoms with Crippen LogP contribution in [0.5, 0.6) is 5.75 Å². The summed E-state index contributed by atoms with van der Waals surface area (Å²) in [6.07, 6.45) is 2.30. The van der Waals surface area contributed by atoms with Gasteiger partial charge in [-0.3, -0.25) is 9.59 Å². The fourth-order valence-corrected chi connectivity index (χ4v) is 3.18. The summed E-state index contributed by atoms with van der Waals surface area (Å²) in [5.74, 6) is -0.467. The zero-order valence-electron chi connectivity index (χ0n) is 17.7. The molecule has 0 aliphatic heterocycles. The van der Waals surface area contributed by atoms with E-state index in [4.69, 9.17) is 9.47 Å². The average molecular weight is 509 g/mol. The number of ether oxygens (including phenoxy) is 2. The molecule has 0 saturated heterocycles. The number of rotatable bonds is 7. The Morgan fingerprint density at radius 2 is 1.52 bits per heavy atom. The molecular formula is C25H21BrN2O5. The van der Waals surface area contributed by atoms with Crippen molar-refractivity contribution in [3.05, 3.63) is 94.5 Å². The minimum absolute atomic E-state index is 0.203. The highest BCUT2D eigenvalue weighted by atomic mass is 79.9. The van der Waals surface area contributed by atoms with E-state index in [0.29, 0.717) is 16.9 Å². The molecule has 8 heteroatoms. The third-order valence-electron chi connectivity index (χ3n) is 4.33. The lowest BCUT2D eigenvalue weighted by molar-refractivity contribution is -0.111. The van der Waals surface area contributed by atoms with Crippen LogP contribution >= 0.6 is 15.9 Å². The normalized spacial score (nSPS) is 10.5. The number of carbonyl (C=O) groups excluding carboxylic acids is 3. The van der Waals surface area contributed by atoms with Crippen LogP contribution < -0.4 is 15.4 Å². The molecule has 0 heterocycles. The van der Waals surface area contributed by atoms with E-state index in [0.717, 1.165) is 10.0 Å². The average Bonchev–Trinajstić information content (AvgIpc) is 2.80. The Morgan fingerprint density at radius 1 is 0.879 bits per heavy atom. The van der Waals surface area contributed by atoms with E-state index in [1.807, 2.05) is 24.3 Å². The zero-order chi connectivity index (χ0) is 23.6. The van der Waals surface area contributed by atoms with Crippen molar-refractivity contribution in [3.63, 3.8) is 0 Å². The Morgan fingerprint density at radius 3 is 2.18 bits per heavy atom. The van der Waals surface area contributed by atoms with Gasteiger partial charge >= 0.3 is 6.16 Å². The zero-order valence-corrected chi connectivity index (χ0v) is 19.3. The molecule has 0 fully saturated rings. The number of para-hydroxylation sites is 2. The maximum absolute atomic E-state index is 12.7. The van der Waals surface area contributed by atoms with Crippen LogP contribution in [0.4, 0.5) is 16.2 Å². The second-order valence-corrected chi connectivity index (χ2v) is 7.51. The lowest BCUT2D eigenvalue weighted by Gasteiger charge is -2.12. The van der Waals surface area contributed by atoms with Crippen molar-refractivity contribution < 1.29 is 23.9 Å². The van der Waals surface area contributed by atoms with Gasteiger partial charge in [0.2, 0.25) is 5.91 Å². The number of hydrogen-bond donors (Lipinski definition) is 2. The Kier molecular flexibility index (Phi) is 8.37. The van der Waals surface area contributed by atoms with E-state index in [1.165, 1.54) is 30.3 Å².